The van der Waals surface area contributed by atoms with Gasteiger partial charge in [0, 0.05) is 16.7 Å². The molecule has 0 spiro atoms. The summed E-state index contributed by atoms with van der Waals surface area (Å²) in [5, 5.41) is 5.27. The van der Waals surface area contributed by atoms with Crippen molar-refractivity contribution >= 4 is 17.9 Å². The molecule has 0 aliphatic carbocycles. The predicted octanol–water partition coefficient (Wildman–Crippen LogP) is 5.58. The highest BCUT2D eigenvalue weighted by molar-refractivity contribution is 7.76. The van der Waals surface area contributed by atoms with Gasteiger partial charge in [-0.05, 0) is 68.1 Å². The van der Waals surface area contributed by atoms with Crippen molar-refractivity contribution in [2.24, 2.45) is 0 Å². The highest BCUT2D eigenvalue weighted by Gasteiger charge is 2.31. The zero-order chi connectivity index (χ0) is 19.4. The predicted molar refractivity (Wildman–Crippen MR) is 117 cm³/mol. The Morgan fingerprint density at radius 1 is 0.815 bits per heavy atom. The van der Waals surface area contributed by atoms with Crippen LogP contribution in [0.5, 0.6) is 0 Å². The molecular formula is C24H28NOP. The minimum Gasteiger partial charge on any atom is -0.297 e. The Morgan fingerprint density at radius 2 is 1.26 bits per heavy atom. The molecule has 0 fully saturated rings. The monoisotopic (exact) mass is 377 g/mol. The Kier molecular flexibility index (Phi) is 5.99. The summed E-state index contributed by atoms with van der Waals surface area (Å²) in [5.41, 5.74) is 5.02. The summed E-state index contributed by atoms with van der Waals surface area (Å²) in [7, 11) is -2.96. The van der Waals surface area contributed by atoms with Gasteiger partial charge in [0.2, 0.25) is 7.29 Å². The quantitative estimate of drug-likeness (QED) is 0.568. The van der Waals surface area contributed by atoms with E-state index in [4.69, 9.17) is 0 Å². The van der Waals surface area contributed by atoms with E-state index >= 15 is 0 Å². The second-order valence-corrected chi connectivity index (χ2v) is 9.69. The molecule has 1 N–H and O–H groups in total. The van der Waals surface area contributed by atoms with E-state index in [0.717, 1.165) is 17.0 Å². The smallest absolute Gasteiger partial charge is 0.205 e. The van der Waals surface area contributed by atoms with Crippen LogP contribution in [0.25, 0.3) is 0 Å². The van der Waals surface area contributed by atoms with E-state index in [-0.39, 0.29) is 6.04 Å². The molecule has 2 nitrogen and oxygen atoms in total. The van der Waals surface area contributed by atoms with Gasteiger partial charge in [0.1, 0.15) is 0 Å². The van der Waals surface area contributed by atoms with E-state index in [2.05, 4.69) is 44.9 Å². The molecule has 0 bridgehead atoms. The van der Waals surface area contributed by atoms with Gasteiger partial charge in [-0.3, -0.25) is 9.65 Å². The number of hydrogen-bond acceptors (Lipinski definition) is 1. The topological polar surface area (TPSA) is 29.1 Å². The lowest BCUT2D eigenvalue weighted by Gasteiger charge is -2.29. The fourth-order valence-corrected chi connectivity index (χ4v) is 6.43. The molecule has 0 aromatic heterocycles. The second kappa shape index (κ2) is 8.25. The van der Waals surface area contributed by atoms with Crippen LogP contribution in [-0.2, 0) is 4.57 Å². The maximum Gasteiger partial charge on any atom is 0.205 e. The number of nitrogens with one attached hydrogen (secondary N) is 1. The van der Waals surface area contributed by atoms with Crippen LogP contribution in [0.15, 0.2) is 72.8 Å². The minimum atomic E-state index is -2.96. The third kappa shape index (κ3) is 4.08. The van der Waals surface area contributed by atoms with E-state index in [9.17, 15) is 4.57 Å². The SMILES string of the molecule is CC[C@H](NP(=O)(c1ccccc1)c1ccccc1)c1c(C)cc(C)cc1C. The molecule has 3 aromatic carbocycles. The van der Waals surface area contributed by atoms with Gasteiger partial charge < -0.3 is 0 Å². The van der Waals surface area contributed by atoms with Crippen LogP contribution in [-0.4, -0.2) is 0 Å². The first-order valence-electron chi connectivity index (χ1n) is 9.52. The summed E-state index contributed by atoms with van der Waals surface area (Å²) in [5.74, 6) is 0. The molecular weight excluding hydrogens is 349 g/mol. The molecule has 0 saturated heterocycles. The molecule has 0 amide bonds. The summed E-state index contributed by atoms with van der Waals surface area (Å²) in [4.78, 5) is 0. The molecule has 0 aliphatic rings. The number of aryl methyl sites for hydroxylation is 3. The summed E-state index contributed by atoms with van der Waals surface area (Å²) < 4.78 is 14.3. The molecule has 3 heteroatoms. The van der Waals surface area contributed by atoms with Gasteiger partial charge in [-0.1, -0.05) is 61.0 Å². The van der Waals surface area contributed by atoms with Gasteiger partial charge in [-0.15, -0.1) is 0 Å². The van der Waals surface area contributed by atoms with Crippen LogP contribution in [0, 0.1) is 20.8 Å². The number of hydrogen-bond donors (Lipinski definition) is 1. The van der Waals surface area contributed by atoms with Crippen LogP contribution in [0.2, 0.25) is 0 Å². The fourth-order valence-electron chi connectivity index (χ4n) is 3.89. The Morgan fingerprint density at radius 3 is 1.67 bits per heavy atom. The van der Waals surface area contributed by atoms with Crippen LogP contribution < -0.4 is 15.7 Å². The molecule has 1 atom stereocenters. The lowest BCUT2D eigenvalue weighted by atomic mass is 9.93. The lowest BCUT2D eigenvalue weighted by molar-refractivity contribution is 0.554. The van der Waals surface area contributed by atoms with Gasteiger partial charge in [0.25, 0.3) is 0 Å². The van der Waals surface area contributed by atoms with Gasteiger partial charge in [0.05, 0.1) is 0 Å². The molecule has 0 unspecified atom stereocenters. The van der Waals surface area contributed by atoms with Crippen LogP contribution in [0.4, 0.5) is 0 Å². The van der Waals surface area contributed by atoms with Crippen molar-refractivity contribution in [1.82, 2.24) is 5.09 Å². The minimum absolute atomic E-state index is 0.0249. The van der Waals surface area contributed by atoms with E-state index in [1.165, 1.54) is 22.3 Å². The molecule has 0 aliphatic heterocycles. The molecule has 3 rings (SSSR count). The van der Waals surface area contributed by atoms with E-state index in [1.54, 1.807) is 0 Å². The van der Waals surface area contributed by atoms with Crippen LogP contribution >= 0.6 is 7.29 Å². The molecule has 0 saturated carbocycles. The van der Waals surface area contributed by atoms with Gasteiger partial charge in [-0.2, -0.15) is 0 Å². The number of benzene rings is 3. The molecule has 3 aromatic rings. The van der Waals surface area contributed by atoms with Crippen LogP contribution in [0.1, 0.15) is 41.6 Å². The second-order valence-electron chi connectivity index (χ2n) is 7.18. The molecule has 0 radical (unpaired) electrons. The van der Waals surface area contributed by atoms with Crippen molar-refractivity contribution in [3.05, 3.63) is 95.1 Å². The van der Waals surface area contributed by atoms with Gasteiger partial charge in [0.15, 0.2) is 0 Å². The summed E-state index contributed by atoms with van der Waals surface area (Å²) in [6.45, 7) is 8.57. The average Bonchev–Trinajstić information content (AvgIpc) is 2.67. The molecule has 27 heavy (non-hydrogen) atoms. The first kappa shape index (κ1) is 19.6. The zero-order valence-electron chi connectivity index (χ0n) is 16.6. The summed E-state index contributed by atoms with van der Waals surface area (Å²) in [6, 6.07) is 24.0. The van der Waals surface area contributed by atoms with Gasteiger partial charge >= 0.3 is 0 Å². The maximum atomic E-state index is 14.3. The van der Waals surface area contributed by atoms with E-state index in [1.807, 2.05) is 60.7 Å². The molecule has 0 heterocycles. The Labute approximate surface area is 163 Å². The third-order valence-electron chi connectivity index (χ3n) is 5.07. The largest absolute Gasteiger partial charge is 0.297 e. The highest BCUT2D eigenvalue weighted by Crippen LogP contribution is 2.43. The van der Waals surface area contributed by atoms with Gasteiger partial charge in [-0.25, -0.2) is 0 Å². The Bertz CT molecular complexity index is 884. The van der Waals surface area contributed by atoms with Crippen LogP contribution in [0.3, 0.4) is 0 Å². The standard InChI is InChI=1S/C24H28NOP/c1-5-23(24-19(3)16-18(2)17-20(24)4)25-27(26,21-12-8-6-9-13-21)22-14-10-7-11-15-22/h6-17,23H,5H2,1-4H3,(H,25,26)/t23-/m0/s1. The van der Waals surface area contributed by atoms with Crippen molar-refractivity contribution in [3.8, 4) is 0 Å². The first-order chi connectivity index (χ1) is 13.0. The lowest BCUT2D eigenvalue weighted by Crippen LogP contribution is -2.31. The third-order valence-corrected chi connectivity index (χ3v) is 7.80. The molecule has 140 valence electrons. The average molecular weight is 377 g/mol. The summed E-state index contributed by atoms with van der Waals surface area (Å²) >= 11 is 0. The van der Waals surface area contributed by atoms with Crippen molar-refractivity contribution < 1.29 is 4.57 Å². The highest BCUT2D eigenvalue weighted by atomic mass is 31.2. The van der Waals surface area contributed by atoms with E-state index < -0.39 is 7.29 Å². The van der Waals surface area contributed by atoms with Crippen molar-refractivity contribution in [2.75, 3.05) is 0 Å². The first-order valence-corrected chi connectivity index (χ1v) is 11.2. The number of rotatable bonds is 6. The van der Waals surface area contributed by atoms with Crippen molar-refractivity contribution in [2.45, 2.75) is 40.2 Å². The summed E-state index contributed by atoms with van der Waals surface area (Å²) in [6.07, 6.45) is 0.869. The van der Waals surface area contributed by atoms with Crippen molar-refractivity contribution in [3.63, 3.8) is 0 Å². The normalized spacial score (nSPS) is 12.7. The zero-order valence-corrected chi connectivity index (χ0v) is 17.5. The Hall–Kier alpha value is -2.15. The van der Waals surface area contributed by atoms with Crippen molar-refractivity contribution in [1.29, 1.82) is 0 Å². The fraction of sp³-hybridized carbons (Fsp3) is 0.250. The van der Waals surface area contributed by atoms with E-state index in [0.29, 0.717) is 0 Å². The Balaban J connectivity index is 2.11. The maximum absolute atomic E-state index is 14.3.